The molecule has 168 valence electrons. The van der Waals surface area contributed by atoms with Gasteiger partial charge in [0.1, 0.15) is 5.67 Å². The first-order valence-corrected chi connectivity index (χ1v) is 12.0. The van der Waals surface area contributed by atoms with Gasteiger partial charge >= 0.3 is 0 Å². The summed E-state index contributed by atoms with van der Waals surface area (Å²) in [6.07, 6.45) is 12.2. The SMILES string of the molecule is CC12CC=C3CC4(F)CC(O)CCC4CC[C@]3(O)C1CC=C2c1ccc2cnncc2c1. The fourth-order valence-corrected chi connectivity index (χ4v) is 7.44. The molecule has 0 radical (unpaired) electrons. The zero-order valence-electron chi connectivity index (χ0n) is 18.6. The van der Waals surface area contributed by atoms with Gasteiger partial charge in [-0.05, 0) is 67.2 Å². The fourth-order valence-electron chi connectivity index (χ4n) is 7.44. The summed E-state index contributed by atoms with van der Waals surface area (Å²) in [6, 6.07) is 6.41. The third kappa shape index (κ3) is 2.87. The summed E-state index contributed by atoms with van der Waals surface area (Å²) < 4.78 is 16.1. The molecule has 6 rings (SSSR count). The Morgan fingerprint density at radius 3 is 2.72 bits per heavy atom. The maximum absolute atomic E-state index is 16.1. The Labute approximate surface area is 188 Å². The largest absolute Gasteiger partial charge is 0.393 e. The second-order valence-electron chi connectivity index (χ2n) is 10.9. The number of rotatable bonds is 1. The molecule has 6 atom stereocenters. The first kappa shape index (κ1) is 20.5. The van der Waals surface area contributed by atoms with E-state index in [-0.39, 0.29) is 30.1 Å². The maximum Gasteiger partial charge on any atom is 0.120 e. The number of allylic oxidation sites excluding steroid dienone is 3. The molecular weight excluding hydrogens is 403 g/mol. The van der Waals surface area contributed by atoms with E-state index in [1.165, 1.54) is 11.1 Å². The van der Waals surface area contributed by atoms with Crippen LogP contribution < -0.4 is 0 Å². The fraction of sp³-hybridized carbons (Fsp3) is 0.556. The zero-order valence-corrected chi connectivity index (χ0v) is 18.6. The Morgan fingerprint density at radius 1 is 1.06 bits per heavy atom. The van der Waals surface area contributed by atoms with Gasteiger partial charge in [-0.3, -0.25) is 0 Å². The van der Waals surface area contributed by atoms with E-state index in [1.807, 2.05) is 0 Å². The number of halogens is 1. The highest BCUT2D eigenvalue weighted by atomic mass is 19.1. The highest BCUT2D eigenvalue weighted by molar-refractivity contribution is 5.86. The summed E-state index contributed by atoms with van der Waals surface area (Å²) in [7, 11) is 0. The molecule has 32 heavy (non-hydrogen) atoms. The molecule has 0 aliphatic heterocycles. The third-order valence-corrected chi connectivity index (χ3v) is 9.22. The minimum Gasteiger partial charge on any atom is -0.393 e. The molecule has 0 spiro atoms. The van der Waals surface area contributed by atoms with Crippen LogP contribution in [0.3, 0.4) is 0 Å². The van der Waals surface area contributed by atoms with E-state index in [0.717, 1.165) is 29.2 Å². The van der Waals surface area contributed by atoms with Crippen molar-refractivity contribution in [1.82, 2.24) is 10.2 Å². The van der Waals surface area contributed by atoms with Crippen molar-refractivity contribution >= 4 is 16.3 Å². The monoisotopic (exact) mass is 434 g/mol. The van der Waals surface area contributed by atoms with E-state index in [4.69, 9.17) is 0 Å². The van der Waals surface area contributed by atoms with Crippen molar-refractivity contribution in [2.24, 2.45) is 17.3 Å². The molecule has 4 aliphatic carbocycles. The van der Waals surface area contributed by atoms with Gasteiger partial charge in [0.25, 0.3) is 0 Å². The number of aliphatic hydroxyl groups is 2. The minimum absolute atomic E-state index is 0.0462. The molecule has 4 nitrogen and oxygen atoms in total. The van der Waals surface area contributed by atoms with E-state index in [2.05, 4.69) is 47.5 Å². The third-order valence-electron chi connectivity index (χ3n) is 9.22. The molecule has 1 aromatic heterocycles. The second-order valence-corrected chi connectivity index (χ2v) is 10.9. The van der Waals surface area contributed by atoms with Crippen molar-refractivity contribution in [2.45, 2.75) is 75.7 Å². The van der Waals surface area contributed by atoms with Gasteiger partial charge in [-0.15, -0.1) is 0 Å². The zero-order chi connectivity index (χ0) is 22.1. The predicted molar refractivity (Wildman–Crippen MR) is 122 cm³/mol. The number of fused-ring (bicyclic) bond motifs is 5. The van der Waals surface area contributed by atoms with Crippen molar-refractivity contribution in [1.29, 1.82) is 0 Å². The standard InChI is InChI=1S/C27H31FN2O2/c1-25-10-8-21-13-26(28)14-22(31)5-4-20(26)9-11-27(21,32)24(25)7-6-23(25)17-2-3-18-15-29-30-16-19(18)12-17/h2-3,6,8,12,15-16,20,22,24,31-32H,4-5,7,9-11,13-14H2,1H3/t20?,22?,24?,25?,26?,27-/m1/s1. The molecule has 1 heterocycles. The lowest BCUT2D eigenvalue weighted by Gasteiger charge is -2.49. The van der Waals surface area contributed by atoms with Gasteiger partial charge < -0.3 is 10.2 Å². The molecular formula is C27H31FN2O2. The van der Waals surface area contributed by atoms with Crippen molar-refractivity contribution < 1.29 is 14.6 Å². The number of benzene rings is 1. The quantitative estimate of drug-likeness (QED) is 0.609. The first-order chi connectivity index (χ1) is 15.3. The van der Waals surface area contributed by atoms with Gasteiger partial charge in [-0.25, -0.2) is 4.39 Å². The summed E-state index contributed by atoms with van der Waals surface area (Å²) in [6.45, 7) is 2.27. The van der Waals surface area contributed by atoms with Crippen LogP contribution >= 0.6 is 0 Å². The van der Waals surface area contributed by atoms with Gasteiger partial charge in [0.05, 0.1) is 24.1 Å². The summed E-state index contributed by atoms with van der Waals surface area (Å²) in [4.78, 5) is 0. The lowest BCUT2D eigenvalue weighted by Crippen LogP contribution is -2.49. The van der Waals surface area contributed by atoms with Crippen LogP contribution in [-0.2, 0) is 0 Å². The van der Waals surface area contributed by atoms with E-state index >= 15 is 4.39 Å². The molecule has 5 heteroatoms. The van der Waals surface area contributed by atoms with Crippen LogP contribution in [0, 0.1) is 17.3 Å². The van der Waals surface area contributed by atoms with Crippen molar-refractivity contribution in [3.63, 3.8) is 0 Å². The number of hydrogen-bond donors (Lipinski definition) is 2. The van der Waals surface area contributed by atoms with Gasteiger partial charge in [0.2, 0.25) is 0 Å². The molecule has 2 fully saturated rings. The van der Waals surface area contributed by atoms with Crippen LogP contribution in [0.25, 0.3) is 16.3 Å². The molecule has 2 aromatic rings. The Morgan fingerprint density at radius 2 is 1.88 bits per heavy atom. The Kier molecular flexibility index (Phi) is 4.45. The molecule has 0 bridgehead atoms. The number of aromatic nitrogens is 2. The summed E-state index contributed by atoms with van der Waals surface area (Å²) >= 11 is 0. The molecule has 0 saturated heterocycles. The lowest BCUT2D eigenvalue weighted by molar-refractivity contribution is -0.0359. The van der Waals surface area contributed by atoms with Gasteiger partial charge in [0.15, 0.2) is 0 Å². The average Bonchev–Trinajstić information content (AvgIpc) is 3.08. The van der Waals surface area contributed by atoms with Crippen LogP contribution in [0.1, 0.15) is 63.9 Å². The van der Waals surface area contributed by atoms with Crippen molar-refractivity contribution in [3.8, 4) is 0 Å². The lowest BCUT2D eigenvalue weighted by atomic mass is 9.58. The number of aliphatic hydroxyl groups excluding tert-OH is 1. The molecule has 5 unspecified atom stereocenters. The number of hydrogen-bond acceptors (Lipinski definition) is 4. The smallest absolute Gasteiger partial charge is 0.120 e. The molecule has 4 aliphatic rings. The second kappa shape index (κ2) is 6.94. The van der Waals surface area contributed by atoms with Crippen LogP contribution in [-0.4, -0.2) is 37.8 Å². The molecule has 1 aromatic carbocycles. The van der Waals surface area contributed by atoms with Crippen LogP contribution in [0.5, 0.6) is 0 Å². The summed E-state index contributed by atoms with van der Waals surface area (Å²) in [5.74, 6) is -0.0203. The maximum atomic E-state index is 16.1. The predicted octanol–water partition coefficient (Wildman–Crippen LogP) is 5.15. The number of alkyl halides is 1. The first-order valence-electron chi connectivity index (χ1n) is 12.0. The van der Waals surface area contributed by atoms with Crippen molar-refractivity contribution in [3.05, 3.63) is 53.9 Å². The van der Waals surface area contributed by atoms with Crippen LogP contribution in [0.2, 0.25) is 0 Å². The van der Waals surface area contributed by atoms with E-state index < -0.39 is 17.4 Å². The van der Waals surface area contributed by atoms with E-state index in [0.29, 0.717) is 25.7 Å². The minimum atomic E-state index is -1.39. The van der Waals surface area contributed by atoms with Crippen molar-refractivity contribution in [2.75, 3.05) is 0 Å². The highest BCUT2D eigenvalue weighted by Gasteiger charge is 2.59. The van der Waals surface area contributed by atoms with E-state index in [1.54, 1.807) is 12.4 Å². The molecule has 0 amide bonds. The topological polar surface area (TPSA) is 66.2 Å². The van der Waals surface area contributed by atoms with Gasteiger partial charge in [0, 0.05) is 34.9 Å². The Bertz CT molecular complexity index is 1150. The van der Waals surface area contributed by atoms with E-state index in [9.17, 15) is 10.2 Å². The Hall–Kier alpha value is -2.11. The summed E-state index contributed by atoms with van der Waals surface area (Å²) in [5, 5.41) is 32.4. The highest BCUT2D eigenvalue weighted by Crippen LogP contribution is 2.63. The average molecular weight is 435 g/mol. The molecule has 2 saturated carbocycles. The molecule has 2 N–H and O–H groups in total. The number of nitrogens with zero attached hydrogens (tertiary/aromatic N) is 2. The normalized spacial score (nSPS) is 41.2. The van der Waals surface area contributed by atoms with Gasteiger partial charge in [-0.1, -0.05) is 31.2 Å². The van der Waals surface area contributed by atoms with Gasteiger partial charge in [-0.2, -0.15) is 10.2 Å². The van der Waals surface area contributed by atoms with Crippen LogP contribution in [0.4, 0.5) is 4.39 Å². The summed E-state index contributed by atoms with van der Waals surface area (Å²) in [5.41, 5.74) is 0.762. The Balaban J connectivity index is 1.37. The van der Waals surface area contributed by atoms with Crippen LogP contribution in [0.15, 0.2) is 48.3 Å².